The molecular formula is C14H16FN3O2. The highest BCUT2D eigenvalue weighted by atomic mass is 19.1. The van der Waals surface area contributed by atoms with Gasteiger partial charge in [-0.3, -0.25) is 9.89 Å². The van der Waals surface area contributed by atoms with Gasteiger partial charge in [-0.05, 0) is 32.9 Å². The molecule has 0 aliphatic carbocycles. The van der Waals surface area contributed by atoms with Crippen molar-refractivity contribution < 1.29 is 13.9 Å². The van der Waals surface area contributed by atoms with E-state index in [0.717, 1.165) is 5.69 Å². The van der Waals surface area contributed by atoms with Crippen molar-refractivity contribution in [2.24, 2.45) is 0 Å². The Hall–Kier alpha value is -2.37. The molecule has 0 saturated heterocycles. The van der Waals surface area contributed by atoms with Gasteiger partial charge in [0.25, 0.3) is 5.91 Å². The summed E-state index contributed by atoms with van der Waals surface area (Å²) in [5, 5.41) is 9.52. The molecule has 1 amide bonds. The number of H-pyrrole nitrogens is 1. The predicted octanol–water partition coefficient (Wildman–Crippen LogP) is 2.57. The van der Waals surface area contributed by atoms with Crippen LogP contribution in [0.2, 0.25) is 0 Å². The maximum atomic E-state index is 13.0. The molecule has 1 aromatic heterocycles. The smallest absolute Gasteiger partial charge is 0.265 e. The number of carbonyl (C=O) groups excluding carboxylic acids is 1. The number of ether oxygens (including phenoxy) is 1. The number of halogens is 1. The van der Waals surface area contributed by atoms with Crippen LogP contribution in [0.3, 0.4) is 0 Å². The first-order valence-electron chi connectivity index (χ1n) is 6.22. The number of hydrogen-bond donors (Lipinski definition) is 2. The molecule has 0 fully saturated rings. The SMILES string of the molecule is Cc1n[nH]c(C)c1NC(=O)[C@H](C)Oc1cccc(F)c1. The lowest BCUT2D eigenvalue weighted by Crippen LogP contribution is -2.30. The van der Waals surface area contributed by atoms with E-state index in [9.17, 15) is 9.18 Å². The fraction of sp³-hybridized carbons (Fsp3) is 0.286. The second-order valence-corrected chi connectivity index (χ2v) is 4.52. The average molecular weight is 277 g/mol. The van der Waals surface area contributed by atoms with Crippen molar-refractivity contribution in [3.8, 4) is 5.75 Å². The van der Waals surface area contributed by atoms with E-state index in [1.54, 1.807) is 19.9 Å². The average Bonchev–Trinajstić information content (AvgIpc) is 2.70. The second kappa shape index (κ2) is 5.73. The topological polar surface area (TPSA) is 67.0 Å². The molecule has 0 aliphatic rings. The zero-order valence-corrected chi connectivity index (χ0v) is 11.5. The maximum absolute atomic E-state index is 13.0. The molecule has 20 heavy (non-hydrogen) atoms. The summed E-state index contributed by atoms with van der Waals surface area (Å²) >= 11 is 0. The number of nitrogens with one attached hydrogen (secondary N) is 2. The van der Waals surface area contributed by atoms with Crippen molar-refractivity contribution in [1.29, 1.82) is 0 Å². The molecule has 0 spiro atoms. The molecular weight excluding hydrogens is 261 g/mol. The van der Waals surface area contributed by atoms with Crippen molar-refractivity contribution in [2.45, 2.75) is 26.9 Å². The Labute approximate surface area is 116 Å². The Morgan fingerprint density at radius 2 is 2.20 bits per heavy atom. The Morgan fingerprint density at radius 1 is 1.45 bits per heavy atom. The van der Waals surface area contributed by atoms with Crippen LogP contribution in [0.5, 0.6) is 5.75 Å². The second-order valence-electron chi connectivity index (χ2n) is 4.52. The van der Waals surface area contributed by atoms with Gasteiger partial charge >= 0.3 is 0 Å². The molecule has 6 heteroatoms. The molecule has 0 radical (unpaired) electrons. The van der Waals surface area contributed by atoms with E-state index >= 15 is 0 Å². The van der Waals surface area contributed by atoms with Crippen molar-refractivity contribution >= 4 is 11.6 Å². The summed E-state index contributed by atoms with van der Waals surface area (Å²) in [5.41, 5.74) is 2.12. The minimum atomic E-state index is -0.745. The molecule has 2 rings (SSSR count). The summed E-state index contributed by atoms with van der Waals surface area (Å²) in [7, 11) is 0. The van der Waals surface area contributed by atoms with Crippen LogP contribution in [0.1, 0.15) is 18.3 Å². The first kappa shape index (κ1) is 14.0. The lowest BCUT2D eigenvalue weighted by Gasteiger charge is -2.14. The normalized spacial score (nSPS) is 12.0. The highest BCUT2D eigenvalue weighted by molar-refractivity contribution is 5.95. The van der Waals surface area contributed by atoms with E-state index < -0.39 is 11.9 Å². The van der Waals surface area contributed by atoms with Crippen molar-refractivity contribution in [3.63, 3.8) is 0 Å². The fourth-order valence-electron chi connectivity index (χ4n) is 1.76. The number of aromatic nitrogens is 2. The van der Waals surface area contributed by atoms with E-state index in [2.05, 4.69) is 15.5 Å². The van der Waals surface area contributed by atoms with Gasteiger partial charge in [0.05, 0.1) is 17.1 Å². The van der Waals surface area contributed by atoms with E-state index in [0.29, 0.717) is 17.1 Å². The molecule has 1 aromatic carbocycles. The minimum absolute atomic E-state index is 0.313. The summed E-state index contributed by atoms with van der Waals surface area (Å²) in [5.74, 6) is -0.410. The summed E-state index contributed by atoms with van der Waals surface area (Å²) < 4.78 is 18.4. The number of rotatable bonds is 4. The van der Waals surface area contributed by atoms with Gasteiger partial charge in [-0.1, -0.05) is 6.07 Å². The monoisotopic (exact) mass is 277 g/mol. The van der Waals surface area contributed by atoms with Crippen LogP contribution < -0.4 is 10.1 Å². The third-order valence-electron chi connectivity index (χ3n) is 2.85. The van der Waals surface area contributed by atoms with Gasteiger partial charge in [0.2, 0.25) is 0 Å². The standard InChI is InChI=1S/C14H16FN3O2/c1-8-13(9(2)18-17-8)16-14(19)10(3)20-12-6-4-5-11(15)7-12/h4-7,10H,1-3H3,(H,16,19)(H,17,18)/t10-/m0/s1. The summed E-state index contributed by atoms with van der Waals surface area (Å²) in [4.78, 5) is 12.0. The van der Waals surface area contributed by atoms with E-state index in [-0.39, 0.29) is 5.91 Å². The van der Waals surface area contributed by atoms with E-state index in [4.69, 9.17) is 4.74 Å². The van der Waals surface area contributed by atoms with Crippen LogP contribution in [-0.4, -0.2) is 22.2 Å². The number of carbonyl (C=O) groups is 1. The number of amides is 1. The molecule has 0 aliphatic heterocycles. The van der Waals surface area contributed by atoms with Crippen LogP contribution in [0, 0.1) is 19.7 Å². The Bertz CT molecular complexity index is 605. The zero-order valence-electron chi connectivity index (χ0n) is 11.5. The molecule has 5 nitrogen and oxygen atoms in total. The summed E-state index contributed by atoms with van der Waals surface area (Å²) in [6.07, 6.45) is -0.745. The van der Waals surface area contributed by atoms with Gasteiger partial charge in [0, 0.05) is 6.07 Å². The molecule has 0 saturated carbocycles. The Morgan fingerprint density at radius 3 is 2.80 bits per heavy atom. The lowest BCUT2D eigenvalue weighted by molar-refractivity contribution is -0.122. The van der Waals surface area contributed by atoms with E-state index in [1.165, 1.54) is 18.2 Å². The van der Waals surface area contributed by atoms with Crippen LogP contribution >= 0.6 is 0 Å². The summed E-state index contributed by atoms with van der Waals surface area (Å²) in [6, 6.07) is 5.68. The van der Waals surface area contributed by atoms with Crippen molar-refractivity contribution in [1.82, 2.24) is 10.2 Å². The Kier molecular flexibility index (Phi) is 4.02. The Balaban J connectivity index is 2.02. The quantitative estimate of drug-likeness (QED) is 0.902. The molecule has 1 atom stereocenters. The van der Waals surface area contributed by atoms with Crippen LogP contribution in [0.25, 0.3) is 0 Å². The third kappa shape index (κ3) is 3.14. The highest BCUT2D eigenvalue weighted by Crippen LogP contribution is 2.18. The first-order chi connectivity index (χ1) is 9.47. The fourth-order valence-corrected chi connectivity index (χ4v) is 1.76. The zero-order chi connectivity index (χ0) is 14.7. The van der Waals surface area contributed by atoms with Gasteiger partial charge in [-0.15, -0.1) is 0 Å². The minimum Gasteiger partial charge on any atom is -0.481 e. The maximum Gasteiger partial charge on any atom is 0.265 e. The molecule has 2 N–H and O–H groups in total. The highest BCUT2D eigenvalue weighted by Gasteiger charge is 2.18. The van der Waals surface area contributed by atoms with Gasteiger partial charge in [0.1, 0.15) is 11.6 Å². The van der Waals surface area contributed by atoms with Gasteiger partial charge in [-0.2, -0.15) is 5.10 Å². The number of nitrogens with zero attached hydrogens (tertiary/aromatic N) is 1. The van der Waals surface area contributed by atoms with Crippen molar-refractivity contribution in [3.05, 3.63) is 41.5 Å². The number of anilines is 1. The van der Waals surface area contributed by atoms with Crippen LogP contribution in [-0.2, 0) is 4.79 Å². The van der Waals surface area contributed by atoms with Crippen LogP contribution in [0.4, 0.5) is 10.1 Å². The first-order valence-corrected chi connectivity index (χ1v) is 6.22. The van der Waals surface area contributed by atoms with Gasteiger partial charge < -0.3 is 10.1 Å². The molecule has 0 bridgehead atoms. The molecule has 106 valence electrons. The van der Waals surface area contributed by atoms with Gasteiger partial charge in [-0.25, -0.2) is 4.39 Å². The third-order valence-corrected chi connectivity index (χ3v) is 2.85. The van der Waals surface area contributed by atoms with Crippen molar-refractivity contribution in [2.75, 3.05) is 5.32 Å². The lowest BCUT2D eigenvalue weighted by atomic mass is 10.3. The number of hydrogen-bond acceptors (Lipinski definition) is 3. The van der Waals surface area contributed by atoms with E-state index in [1.807, 2.05) is 6.92 Å². The number of benzene rings is 1. The molecule has 0 unspecified atom stereocenters. The van der Waals surface area contributed by atoms with Gasteiger partial charge in [0.15, 0.2) is 6.10 Å². The number of aryl methyl sites for hydroxylation is 2. The predicted molar refractivity (Wildman–Crippen MR) is 73.2 cm³/mol. The largest absolute Gasteiger partial charge is 0.481 e. The van der Waals surface area contributed by atoms with Crippen LogP contribution in [0.15, 0.2) is 24.3 Å². The number of aromatic amines is 1. The molecule has 1 heterocycles. The summed E-state index contributed by atoms with van der Waals surface area (Å²) in [6.45, 7) is 5.20. The molecule has 2 aromatic rings.